The first-order chi connectivity index (χ1) is 14.9. The predicted molar refractivity (Wildman–Crippen MR) is 115 cm³/mol. The normalized spacial score (nSPS) is 15.6. The summed E-state index contributed by atoms with van der Waals surface area (Å²) in [6.07, 6.45) is 0. The number of hydrogen-bond acceptors (Lipinski definition) is 7. The van der Waals surface area contributed by atoms with E-state index in [1.807, 2.05) is 18.2 Å². The fourth-order valence-corrected chi connectivity index (χ4v) is 3.50. The number of rotatable bonds is 6. The van der Waals surface area contributed by atoms with E-state index in [0.29, 0.717) is 34.3 Å². The lowest BCUT2D eigenvalue weighted by atomic mass is 9.82. The van der Waals surface area contributed by atoms with Crippen molar-refractivity contribution in [2.75, 3.05) is 26.6 Å². The molecule has 3 N–H and O–H groups in total. The quantitative estimate of drug-likeness (QED) is 0.734. The zero-order chi connectivity index (χ0) is 22.5. The molecule has 0 radical (unpaired) electrons. The summed E-state index contributed by atoms with van der Waals surface area (Å²) in [4.78, 5) is 13.3. The van der Waals surface area contributed by atoms with Gasteiger partial charge >= 0.3 is 0 Å². The van der Waals surface area contributed by atoms with Crippen LogP contribution < -0.4 is 25.3 Å². The number of anilines is 1. The average molecular weight is 421 g/mol. The summed E-state index contributed by atoms with van der Waals surface area (Å²) in [5.74, 6) is 0.198. The van der Waals surface area contributed by atoms with Crippen LogP contribution in [0.15, 0.2) is 65.3 Å². The van der Waals surface area contributed by atoms with Gasteiger partial charge in [0.25, 0.3) is 5.91 Å². The van der Waals surface area contributed by atoms with Gasteiger partial charge in [0.2, 0.25) is 11.6 Å². The van der Waals surface area contributed by atoms with E-state index < -0.39 is 11.8 Å². The van der Waals surface area contributed by atoms with Gasteiger partial charge in [0.05, 0.1) is 32.8 Å². The molecule has 160 valence electrons. The molecule has 1 heterocycles. The number of carbonyl (C=O) groups is 1. The molecule has 0 aliphatic carbocycles. The second kappa shape index (κ2) is 9.13. The minimum atomic E-state index is -0.795. The van der Waals surface area contributed by atoms with Gasteiger partial charge in [-0.3, -0.25) is 4.79 Å². The van der Waals surface area contributed by atoms with Gasteiger partial charge in [-0.05, 0) is 36.8 Å². The minimum absolute atomic E-state index is 0.0602. The van der Waals surface area contributed by atoms with Gasteiger partial charge in [-0.15, -0.1) is 0 Å². The molecule has 0 saturated heterocycles. The van der Waals surface area contributed by atoms with Crippen molar-refractivity contribution in [1.29, 1.82) is 5.26 Å². The van der Waals surface area contributed by atoms with E-state index in [1.54, 1.807) is 31.2 Å². The van der Waals surface area contributed by atoms with Crippen LogP contribution in [0.2, 0.25) is 0 Å². The van der Waals surface area contributed by atoms with Crippen LogP contribution in [0.25, 0.3) is 0 Å². The number of methoxy groups -OCH3 is 3. The Labute approximate surface area is 180 Å². The van der Waals surface area contributed by atoms with Gasteiger partial charge in [-0.1, -0.05) is 18.2 Å². The van der Waals surface area contributed by atoms with Crippen molar-refractivity contribution in [3.8, 4) is 23.3 Å². The van der Waals surface area contributed by atoms with Crippen LogP contribution in [-0.4, -0.2) is 27.2 Å². The highest BCUT2D eigenvalue weighted by atomic mass is 16.5. The standard InChI is InChI=1S/C23H23N3O5/c1-13-19(23(27)26-15-8-6-5-7-9-15)20(16(12-24)22(25)31-13)14-10-17(28-2)21(30-4)18(11-14)29-3/h5-11,20H,25H2,1-4H3,(H,26,27)/t20-/m1/s1. The summed E-state index contributed by atoms with van der Waals surface area (Å²) >= 11 is 0. The lowest BCUT2D eigenvalue weighted by molar-refractivity contribution is -0.113. The molecule has 0 unspecified atom stereocenters. The van der Waals surface area contributed by atoms with Crippen molar-refractivity contribution in [1.82, 2.24) is 0 Å². The summed E-state index contributed by atoms with van der Waals surface area (Å²) in [7, 11) is 4.48. The lowest BCUT2D eigenvalue weighted by Crippen LogP contribution is -2.27. The van der Waals surface area contributed by atoms with Crippen molar-refractivity contribution < 1.29 is 23.7 Å². The molecule has 3 rings (SSSR count). The van der Waals surface area contributed by atoms with Gasteiger partial charge in [-0.25, -0.2) is 0 Å². The highest BCUT2D eigenvalue weighted by Gasteiger charge is 2.36. The number of nitriles is 1. The second-order valence-corrected chi connectivity index (χ2v) is 6.67. The number of hydrogen-bond donors (Lipinski definition) is 2. The second-order valence-electron chi connectivity index (χ2n) is 6.67. The van der Waals surface area contributed by atoms with Crippen LogP contribution in [-0.2, 0) is 9.53 Å². The first-order valence-corrected chi connectivity index (χ1v) is 9.39. The van der Waals surface area contributed by atoms with Crippen LogP contribution in [0.1, 0.15) is 18.4 Å². The van der Waals surface area contributed by atoms with E-state index in [2.05, 4.69) is 11.4 Å². The smallest absolute Gasteiger partial charge is 0.255 e. The molecular formula is C23H23N3O5. The topological polar surface area (TPSA) is 116 Å². The Morgan fingerprint density at radius 3 is 2.23 bits per heavy atom. The summed E-state index contributed by atoms with van der Waals surface area (Å²) in [6.45, 7) is 1.63. The first-order valence-electron chi connectivity index (χ1n) is 9.39. The molecule has 0 aromatic heterocycles. The van der Waals surface area contributed by atoms with Gasteiger partial charge in [0, 0.05) is 5.69 Å². The number of para-hydroxylation sites is 1. The molecule has 2 aromatic carbocycles. The average Bonchev–Trinajstić information content (AvgIpc) is 2.78. The molecule has 1 aliphatic heterocycles. The third-order valence-corrected chi connectivity index (χ3v) is 4.90. The lowest BCUT2D eigenvalue weighted by Gasteiger charge is -2.28. The number of nitrogens with zero attached hydrogens (tertiary/aromatic N) is 1. The Balaban J connectivity index is 2.16. The molecule has 31 heavy (non-hydrogen) atoms. The van der Waals surface area contributed by atoms with Crippen molar-refractivity contribution in [3.63, 3.8) is 0 Å². The molecule has 0 fully saturated rings. The third kappa shape index (κ3) is 4.12. The molecule has 0 saturated carbocycles. The largest absolute Gasteiger partial charge is 0.493 e. The number of allylic oxidation sites excluding steroid dienone is 2. The Morgan fingerprint density at radius 1 is 1.10 bits per heavy atom. The molecule has 8 nitrogen and oxygen atoms in total. The van der Waals surface area contributed by atoms with Crippen LogP contribution in [0, 0.1) is 11.3 Å². The molecule has 1 aliphatic rings. The van der Waals surface area contributed by atoms with Gasteiger partial charge < -0.3 is 30.0 Å². The van der Waals surface area contributed by atoms with Gasteiger partial charge in [-0.2, -0.15) is 5.26 Å². The third-order valence-electron chi connectivity index (χ3n) is 4.90. The summed E-state index contributed by atoms with van der Waals surface area (Å²) in [6, 6.07) is 14.4. The fraction of sp³-hybridized carbons (Fsp3) is 0.217. The summed E-state index contributed by atoms with van der Waals surface area (Å²) in [5, 5.41) is 12.7. The maximum atomic E-state index is 13.3. The van der Waals surface area contributed by atoms with E-state index in [9.17, 15) is 10.1 Å². The van der Waals surface area contributed by atoms with Crippen LogP contribution in [0.4, 0.5) is 5.69 Å². The molecule has 1 atom stereocenters. The Kier molecular flexibility index (Phi) is 6.36. The Hall–Kier alpha value is -4.12. The number of carbonyl (C=O) groups excluding carboxylic acids is 1. The highest BCUT2D eigenvalue weighted by Crippen LogP contribution is 2.45. The molecule has 2 aromatic rings. The maximum Gasteiger partial charge on any atom is 0.255 e. The molecule has 0 bridgehead atoms. The summed E-state index contributed by atoms with van der Waals surface area (Å²) < 4.78 is 21.8. The molecule has 1 amide bonds. The monoisotopic (exact) mass is 421 g/mol. The van der Waals surface area contributed by atoms with Crippen molar-refractivity contribution in [3.05, 3.63) is 70.8 Å². The summed E-state index contributed by atoms with van der Waals surface area (Å²) in [5.41, 5.74) is 7.54. The molecule has 0 spiro atoms. The number of nitrogens with two attached hydrogens (primary N) is 1. The van der Waals surface area contributed by atoms with E-state index in [0.717, 1.165) is 0 Å². The van der Waals surface area contributed by atoms with Crippen molar-refractivity contribution in [2.24, 2.45) is 5.73 Å². The minimum Gasteiger partial charge on any atom is -0.493 e. The zero-order valence-electron chi connectivity index (χ0n) is 17.7. The maximum absolute atomic E-state index is 13.3. The Morgan fingerprint density at radius 2 is 1.71 bits per heavy atom. The number of ether oxygens (including phenoxy) is 4. The van der Waals surface area contributed by atoms with Crippen LogP contribution in [0.5, 0.6) is 17.2 Å². The van der Waals surface area contributed by atoms with Crippen LogP contribution in [0.3, 0.4) is 0 Å². The van der Waals surface area contributed by atoms with Gasteiger partial charge in [0.1, 0.15) is 17.4 Å². The van der Waals surface area contributed by atoms with Crippen molar-refractivity contribution in [2.45, 2.75) is 12.8 Å². The zero-order valence-corrected chi connectivity index (χ0v) is 17.7. The predicted octanol–water partition coefficient (Wildman–Crippen LogP) is 3.43. The van der Waals surface area contributed by atoms with E-state index >= 15 is 0 Å². The van der Waals surface area contributed by atoms with E-state index in [1.165, 1.54) is 21.3 Å². The van der Waals surface area contributed by atoms with E-state index in [-0.39, 0.29) is 17.0 Å². The number of benzene rings is 2. The number of nitrogens with one attached hydrogen (secondary N) is 1. The van der Waals surface area contributed by atoms with E-state index in [4.69, 9.17) is 24.7 Å². The van der Waals surface area contributed by atoms with Crippen LogP contribution >= 0.6 is 0 Å². The number of amides is 1. The highest BCUT2D eigenvalue weighted by molar-refractivity contribution is 6.06. The van der Waals surface area contributed by atoms with Crippen molar-refractivity contribution >= 4 is 11.6 Å². The molecule has 8 heteroatoms. The molecular weight excluding hydrogens is 398 g/mol. The fourth-order valence-electron chi connectivity index (χ4n) is 3.50. The first kappa shape index (κ1) is 21.6. The SMILES string of the molecule is COc1cc([C@@H]2C(C#N)=C(N)OC(C)=C2C(=O)Nc2ccccc2)cc(OC)c1OC. The van der Waals surface area contributed by atoms with Gasteiger partial charge in [0.15, 0.2) is 11.5 Å². The Bertz CT molecular complexity index is 1070.